The Morgan fingerprint density at radius 2 is 1.67 bits per heavy atom. The van der Waals surface area contributed by atoms with Gasteiger partial charge >= 0.3 is 5.97 Å². The van der Waals surface area contributed by atoms with Crippen molar-refractivity contribution >= 4 is 17.3 Å². The number of aromatic hydroxyl groups is 1. The topological polar surface area (TPSA) is 82.2 Å². The molecule has 2 rings (SSSR count). The first-order valence-corrected chi connectivity index (χ1v) is 6.57. The Balaban J connectivity index is 2.14. The second kappa shape index (κ2) is 6.65. The van der Waals surface area contributed by atoms with Crippen LogP contribution in [0.2, 0.25) is 0 Å². The van der Waals surface area contributed by atoms with Gasteiger partial charge in [-0.1, -0.05) is 17.7 Å². The molecule has 0 aliphatic carbocycles. The molecule has 108 valence electrons. The van der Waals surface area contributed by atoms with Crippen molar-refractivity contribution in [2.75, 3.05) is 0 Å². The predicted octanol–water partition coefficient (Wildman–Crippen LogP) is 4.13. The van der Waals surface area contributed by atoms with Gasteiger partial charge in [0.1, 0.15) is 5.75 Å². The van der Waals surface area contributed by atoms with Crippen molar-refractivity contribution in [2.45, 2.75) is 19.8 Å². The van der Waals surface area contributed by atoms with E-state index >= 15 is 0 Å². The molecular weight excluding hydrogens is 268 g/mol. The zero-order valence-electron chi connectivity index (χ0n) is 11.7. The summed E-state index contributed by atoms with van der Waals surface area (Å²) >= 11 is 0. The van der Waals surface area contributed by atoms with E-state index in [0.717, 1.165) is 11.3 Å². The fourth-order valence-electron chi connectivity index (χ4n) is 1.80. The minimum absolute atomic E-state index is 0.0356. The van der Waals surface area contributed by atoms with Gasteiger partial charge in [0, 0.05) is 6.42 Å². The number of carboxylic acids is 1. The first-order valence-electron chi connectivity index (χ1n) is 6.57. The summed E-state index contributed by atoms with van der Waals surface area (Å²) in [4.78, 5) is 10.6. The monoisotopic (exact) mass is 284 g/mol. The van der Waals surface area contributed by atoms with Gasteiger partial charge in [0.15, 0.2) is 0 Å². The normalized spacial score (nSPS) is 10.9. The maximum absolute atomic E-state index is 10.6. The summed E-state index contributed by atoms with van der Waals surface area (Å²) in [5.74, 6) is -0.827. The van der Waals surface area contributed by atoms with Crippen molar-refractivity contribution in [1.82, 2.24) is 0 Å². The number of carboxylic acid groups (broad SMARTS) is 1. The Kier molecular flexibility index (Phi) is 4.66. The molecule has 21 heavy (non-hydrogen) atoms. The quantitative estimate of drug-likeness (QED) is 0.810. The van der Waals surface area contributed by atoms with E-state index in [4.69, 9.17) is 5.11 Å². The smallest absolute Gasteiger partial charge is 0.303 e. The fraction of sp³-hybridized carbons (Fsp3) is 0.188. The molecule has 0 amide bonds. The average molecular weight is 284 g/mol. The van der Waals surface area contributed by atoms with Gasteiger partial charge < -0.3 is 10.2 Å². The number of carbonyl (C=O) groups is 1. The lowest BCUT2D eigenvalue weighted by molar-refractivity contribution is -0.136. The highest BCUT2D eigenvalue weighted by molar-refractivity contribution is 5.67. The van der Waals surface area contributed by atoms with Crippen molar-refractivity contribution in [1.29, 1.82) is 0 Å². The van der Waals surface area contributed by atoms with E-state index < -0.39 is 5.97 Å². The highest BCUT2D eigenvalue weighted by atomic mass is 16.4. The summed E-state index contributed by atoms with van der Waals surface area (Å²) in [5, 5.41) is 26.6. The molecule has 0 radical (unpaired) electrons. The van der Waals surface area contributed by atoms with Gasteiger partial charge in [-0.25, -0.2) is 0 Å². The van der Waals surface area contributed by atoms with Crippen LogP contribution in [0.25, 0.3) is 0 Å². The number of aliphatic carboxylic acids is 1. The minimum atomic E-state index is -0.902. The molecule has 0 saturated heterocycles. The van der Waals surface area contributed by atoms with Gasteiger partial charge in [0.25, 0.3) is 0 Å². The third-order valence-corrected chi connectivity index (χ3v) is 2.99. The molecule has 0 aliphatic heterocycles. The Hall–Kier alpha value is -2.69. The summed E-state index contributed by atoms with van der Waals surface area (Å²) in [6.45, 7) is 2.00. The second-order valence-corrected chi connectivity index (χ2v) is 4.74. The summed E-state index contributed by atoms with van der Waals surface area (Å²) in [6, 6.07) is 12.4. The molecule has 0 unspecified atom stereocenters. The Morgan fingerprint density at radius 3 is 2.33 bits per heavy atom. The lowest BCUT2D eigenvalue weighted by atomic mass is 10.1. The van der Waals surface area contributed by atoms with Crippen molar-refractivity contribution < 1.29 is 15.0 Å². The zero-order valence-corrected chi connectivity index (χ0v) is 11.7. The first kappa shape index (κ1) is 14.7. The number of hydrogen-bond donors (Lipinski definition) is 2. The number of benzene rings is 2. The van der Waals surface area contributed by atoms with Gasteiger partial charge in [-0.3, -0.25) is 4.79 Å². The van der Waals surface area contributed by atoms with Crippen LogP contribution in [0.4, 0.5) is 11.4 Å². The van der Waals surface area contributed by atoms with Crippen molar-refractivity contribution in [3.8, 4) is 5.75 Å². The highest BCUT2D eigenvalue weighted by Gasteiger charge is 2.05. The SMILES string of the molecule is Cc1ccc(N=Nc2ccc(O)c(CCC(=O)O)c2)cc1. The summed E-state index contributed by atoms with van der Waals surface area (Å²) in [7, 11) is 0. The molecule has 0 atom stereocenters. The molecule has 2 aromatic carbocycles. The summed E-state index contributed by atoms with van der Waals surface area (Å²) in [5.41, 5.74) is 3.02. The van der Waals surface area contributed by atoms with Gasteiger partial charge in [0.2, 0.25) is 0 Å². The van der Waals surface area contributed by atoms with Crippen molar-refractivity contribution in [3.05, 3.63) is 53.6 Å². The first-order chi connectivity index (χ1) is 10.0. The van der Waals surface area contributed by atoms with E-state index in [9.17, 15) is 9.90 Å². The molecular formula is C16H16N2O3. The minimum Gasteiger partial charge on any atom is -0.508 e. The Labute approximate surface area is 122 Å². The maximum atomic E-state index is 10.6. The number of nitrogens with zero attached hydrogens (tertiary/aromatic N) is 2. The largest absolute Gasteiger partial charge is 0.508 e. The lowest BCUT2D eigenvalue weighted by Gasteiger charge is -2.03. The molecule has 0 heterocycles. The number of phenolic OH excluding ortho intramolecular Hbond substituents is 1. The van der Waals surface area contributed by atoms with Gasteiger partial charge in [-0.15, -0.1) is 0 Å². The highest BCUT2D eigenvalue weighted by Crippen LogP contribution is 2.26. The Bertz CT molecular complexity index is 664. The number of aryl methyl sites for hydroxylation is 2. The van der Waals surface area contributed by atoms with Crippen LogP contribution in [0.5, 0.6) is 5.75 Å². The molecule has 2 N–H and O–H groups in total. The molecule has 5 nitrogen and oxygen atoms in total. The number of rotatable bonds is 5. The molecule has 0 bridgehead atoms. The third kappa shape index (κ3) is 4.42. The van der Waals surface area contributed by atoms with Crippen LogP contribution in [0.1, 0.15) is 17.5 Å². The molecule has 0 aromatic heterocycles. The molecule has 0 saturated carbocycles. The van der Waals surface area contributed by atoms with Crippen LogP contribution in [0.3, 0.4) is 0 Å². The van der Waals surface area contributed by atoms with Crippen LogP contribution in [0, 0.1) is 6.92 Å². The van der Waals surface area contributed by atoms with Crippen molar-refractivity contribution in [3.63, 3.8) is 0 Å². The number of phenols is 1. The zero-order chi connectivity index (χ0) is 15.2. The van der Waals surface area contributed by atoms with Crippen molar-refractivity contribution in [2.24, 2.45) is 10.2 Å². The average Bonchev–Trinajstić information content (AvgIpc) is 2.46. The number of azo groups is 1. The predicted molar refractivity (Wildman–Crippen MR) is 79.4 cm³/mol. The van der Waals surface area contributed by atoms with E-state index in [1.807, 2.05) is 31.2 Å². The molecule has 2 aromatic rings. The lowest BCUT2D eigenvalue weighted by Crippen LogP contribution is -1.97. The van der Waals surface area contributed by atoms with E-state index in [1.54, 1.807) is 12.1 Å². The van der Waals surface area contributed by atoms with E-state index in [1.165, 1.54) is 6.07 Å². The maximum Gasteiger partial charge on any atom is 0.303 e. The van der Waals surface area contributed by atoms with Crippen LogP contribution >= 0.6 is 0 Å². The van der Waals surface area contributed by atoms with Gasteiger partial charge in [-0.05, 0) is 49.2 Å². The molecule has 0 aliphatic rings. The van der Waals surface area contributed by atoms with Crippen LogP contribution < -0.4 is 0 Å². The standard InChI is InChI=1S/C16H16N2O3/c1-11-2-5-13(6-3-11)17-18-14-7-8-15(19)12(10-14)4-9-16(20)21/h2-3,5-8,10,19H,4,9H2,1H3,(H,20,21). The van der Waals surface area contributed by atoms with E-state index in [0.29, 0.717) is 11.3 Å². The molecule has 0 fully saturated rings. The summed E-state index contributed by atoms with van der Waals surface area (Å²) in [6.07, 6.45) is 0.223. The molecule has 5 heteroatoms. The van der Waals surface area contributed by atoms with Crippen LogP contribution in [0.15, 0.2) is 52.7 Å². The second-order valence-electron chi connectivity index (χ2n) is 4.74. The van der Waals surface area contributed by atoms with Crippen LogP contribution in [-0.2, 0) is 11.2 Å². The van der Waals surface area contributed by atoms with Gasteiger partial charge in [0.05, 0.1) is 11.4 Å². The molecule has 0 spiro atoms. The number of hydrogen-bond acceptors (Lipinski definition) is 4. The van der Waals surface area contributed by atoms with E-state index in [-0.39, 0.29) is 18.6 Å². The third-order valence-electron chi connectivity index (χ3n) is 2.99. The summed E-state index contributed by atoms with van der Waals surface area (Å²) < 4.78 is 0. The fourth-order valence-corrected chi connectivity index (χ4v) is 1.80. The van der Waals surface area contributed by atoms with Gasteiger partial charge in [-0.2, -0.15) is 10.2 Å². The van der Waals surface area contributed by atoms with Crippen LogP contribution in [-0.4, -0.2) is 16.2 Å². The Morgan fingerprint density at radius 1 is 1.05 bits per heavy atom. The van der Waals surface area contributed by atoms with E-state index in [2.05, 4.69) is 10.2 Å².